The summed E-state index contributed by atoms with van der Waals surface area (Å²) in [5.74, 6) is 0.158. The fourth-order valence-electron chi connectivity index (χ4n) is 2.05. The number of rotatable bonds is 7. The molecule has 0 spiro atoms. The van der Waals surface area contributed by atoms with Gasteiger partial charge in [-0.2, -0.15) is 0 Å². The summed E-state index contributed by atoms with van der Waals surface area (Å²) in [5.41, 5.74) is 6.92. The van der Waals surface area contributed by atoms with E-state index < -0.39 is 0 Å². The molecular weight excluding hydrogens is 224 g/mol. The first kappa shape index (κ1) is 14.7. The molecule has 0 saturated heterocycles. The lowest BCUT2D eigenvalue weighted by Crippen LogP contribution is -2.37. The Morgan fingerprint density at radius 3 is 2.56 bits per heavy atom. The minimum absolute atomic E-state index is 0.0178. The van der Waals surface area contributed by atoms with Crippen molar-refractivity contribution >= 4 is 5.91 Å². The highest BCUT2D eigenvalue weighted by molar-refractivity contribution is 5.78. The molecule has 1 aromatic carbocycles. The normalized spacial score (nSPS) is 12.2. The first-order chi connectivity index (χ1) is 8.69. The first-order valence-corrected chi connectivity index (χ1v) is 6.68. The van der Waals surface area contributed by atoms with Crippen LogP contribution in [0.3, 0.4) is 0 Å². The lowest BCUT2D eigenvalue weighted by molar-refractivity contribution is -0.134. The van der Waals surface area contributed by atoms with Crippen LogP contribution in [-0.2, 0) is 11.2 Å². The van der Waals surface area contributed by atoms with Crippen LogP contribution < -0.4 is 5.73 Å². The highest BCUT2D eigenvalue weighted by atomic mass is 16.2. The van der Waals surface area contributed by atoms with Crippen LogP contribution in [0, 0.1) is 5.92 Å². The van der Waals surface area contributed by atoms with Crippen LogP contribution in [0.2, 0.25) is 0 Å². The van der Waals surface area contributed by atoms with Gasteiger partial charge in [0.1, 0.15) is 0 Å². The topological polar surface area (TPSA) is 46.3 Å². The Kier molecular flexibility index (Phi) is 6.44. The second-order valence-electron chi connectivity index (χ2n) is 4.72. The summed E-state index contributed by atoms with van der Waals surface area (Å²) in [6, 6.07) is 10.2. The van der Waals surface area contributed by atoms with E-state index in [9.17, 15) is 4.79 Å². The second-order valence-corrected chi connectivity index (χ2v) is 4.72. The average molecular weight is 248 g/mol. The van der Waals surface area contributed by atoms with Crippen LogP contribution in [0.1, 0.15) is 25.3 Å². The second kappa shape index (κ2) is 7.88. The predicted molar refractivity (Wildman–Crippen MR) is 75.2 cm³/mol. The number of hydrogen-bond acceptors (Lipinski definition) is 2. The van der Waals surface area contributed by atoms with Gasteiger partial charge in [-0.15, -0.1) is 0 Å². The van der Waals surface area contributed by atoms with Crippen molar-refractivity contribution in [3.05, 3.63) is 35.9 Å². The fraction of sp³-hybridized carbons (Fsp3) is 0.533. The van der Waals surface area contributed by atoms with Crippen LogP contribution in [0.4, 0.5) is 0 Å². The third-order valence-corrected chi connectivity index (χ3v) is 3.23. The van der Waals surface area contributed by atoms with E-state index in [-0.39, 0.29) is 11.8 Å². The number of carbonyl (C=O) groups excluding carboxylic acids is 1. The van der Waals surface area contributed by atoms with E-state index in [4.69, 9.17) is 5.73 Å². The number of carbonyl (C=O) groups is 1. The van der Waals surface area contributed by atoms with Gasteiger partial charge in [-0.25, -0.2) is 0 Å². The molecule has 0 heterocycles. The lowest BCUT2D eigenvalue weighted by Gasteiger charge is -2.22. The minimum Gasteiger partial charge on any atom is -0.345 e. The van der Waals surface area contributed by atoms with Crippen molar-refractivity contribution in [3.8, 4) is 0 Å². The highest BCUT2D eigenvalue weighted by Crippen LogP contribution is 2.09. The molecule has 3 nitrogen and oxygen atoms in total. The van der Waals surface area contributed by atoms with Gasteiger partial charge in [-0.05, 0) is 18.4 Å². The van der Waals surface area contributed by atoms with Crippen LogP contribution in [0.25, 0.3) is 0 Å². The van der Waals surface area contributed by atoms with Crippen molar-refractivity contribution in [2.75, 3.05) is 20.1 Å². The van der Waals surface area contributed by atoms with Gasteiger partial charge in [-0.3, -0.25) is 4.79 Å². The molecule has 0 bridgehead atoms. The average Bonchev–Trinajstić information content (AvgIpc) is 2.42. The van der Waals surface area contributed by atoms with Crippen molar-refractivity contribution in [2.24, 2.45) is 11.7 Å². The molecule has 0 fully saturated rings. The SMILES string of the molecule is CCCC(CN)C(=O)N(C)CCc1ccccc1. The molecule has 1 atom stereocenters. The van der Waals surface area contributed by atoms with E-state index in [2.05, 4.69) is 19.1 Å². The molecule has 1 rings (SSSR count). The van der Waals surface area contributed by atoms with Crippen molar-refractivity contribution in [2.45, 2.75) is 26.2 Å². The molecule has 0 aliphatic carbocycles. The molecular formula is C15H24N2O. The van der Waals surface area contributed by atoms with Crippen molar-refractivity contribution in [1.82, 2.24) is 4.90 Å². The van der Waals surface area contributed by atoms with Gasteiger partial charge >= 0.3 is 0 Å². The van der Waals surface area contributed by atoms with Crippen molar-refractivity contribution in [3.63, 3.8) is 0 Å². The van der Waals surface area contributed by atoms with Crippen LogP contribution >= 0.6 is 0 Å². The quantitative estimate of drug-likeness (QED) is 0.803. The minimum atomic E-state index is -0.0178. The summed E-state index contributed by atoms with van der Waals surface area (Å²) < 4.78 is 0. The van der Waals surface area contributed by atoms with Gasteiger partial charge in [0.05, 0.1) is 5.92 Å². The Balaban J connectivity index is 2.44. The standard InChI is InChI=1S/C15H24N2O/c1-3-7-14(12-16)15(18)17(2)11-10-13-8-5-4-6-9-13/h4-6,8-9,14H,3,7,10-12,16H2,1-2H3. The molecule has 2 N–H and O–H groups in total. The predicted octanol–water partition coefficient (Wildman–Crippen LogP) is 2.06. The number of amides is 1. The first-order valence-electron chi connectivity index (χ1n) is 6.68. The van der Waals surface area contributed by atoms with Gasteiger partial charge in [0.15, 0.2) is 0 Å². The van der Waals surface area contributed by atoms with Crippen LogP contribution in [0.5, 0.6) is 0 Å². The van der Waals surface area contributed by atoms with Gasteiger partial charge in [-0.1, -0.05) is 43.7 Å². The summed E-state index contributed by atoms with van der Waals surface area (Å²) in [6.45, 7) is 3.28. The molecule has 0 aliphatic heterocycles. The molecule has 1 amide bonds. The Labute approximate surface area is 110 Å². The molecule has 1 unspecified atom stereocenters. The van der Waals surface area contributed by atoms with Gasteiger partial charge in [0.25, 0.3) is 0 Å². The highest BCUT2D eigenvalue weighted by Gasteiger charge is 2.19. The largest absolute Gasteiger partial charge is 0.345 e. The summed E-state index contributed by atoms with van der Waals surface area (Å²) in [5, 5.41) is 0. The van der Waals surface area contributed by atoms with Gasteiger partial charge in [0, 0.05) is 20.1 Å². The smallest absolute Gasteiger partial charge is 0.226 e. The Morgan fingerprint density at radius 1 is 1.33 bits per heavy atom. The number of benzene rings is 1. The maximum absolute atomic E-state index is 12.1. The number of nitrogens with zero attached hydrogens (tertiary/aromatic N) is 1. The van der Waals surface area contributed by atoms with Gasteiger partial charge in [0.2, 0.25) is 5.91 Å². The van der Waals surface area contributed by atoms with Crippen LogP contribution in [-0.4, -0.2) is 30.9 Å². The zero-order chi connectivity index (χ0) is 13.4. The number of likely N-dealkylation sites (N-methyl/N-ethyl adjacent to an activating group) is 1. The van der Waals surface area contributed by atoms with E-state index >= 15 is 0 Å². The zero-order valence-electron chi connectivity index (χ0n) is 11.4. The molecule has 0 saturated carbocycles. The van der Waals surface area contributed by atoms with Gasteiger partial charge < -0.3 is 10.6 Å². The zero-order valence-corrected chi connectivity index (χ0v) is 11.4. The van der Waals surface area contributed by atoms with E-state index in [0.717, 1.165) is 25.8 Å². The van der Waals surface area contributed by atoms with Crippen molar-refractivity contribution in [1.29, 1.82) is 0 Å². The molecule has 100 valence electrons. The van der Waals surface area contributed by atoms with E-state index in [1.807, 2.05) is 25.2 Å². The summed E-state index contributed by atoms with van der Waals surface area (Å²) in [7, 11) is 1.86. The molecule has 0 radical (unpaired) electrons. The maximum Gasteiger partial charge on any atom is 0.226 e. The fourth-order valence-corrected chi connectivity index (χ4v) is 2.05. The van der Waals surface area contributed by atoms with E-state index in [1.165, 1.54) is 5.56 Å². The molecule has 3 heteroatoms. The molecule has 1 aromatic rings. The molecule has 18 heavy (non-hydrogen) atoms. The number of nitrogens with two attached hydrogens (primary N) is 1. The summed E-state index contributed by atoms with van der Waals surface area (Å²) >= 11 is 0. The summed E-state index contributed by atoms with van der Waals surface area (Å²) in [6.07, 6.45) is 2.78. The third-order valence-electron chi connectivity index (χ3n) is 3.23. The monoisotopic (exact) mass is 248 g/mol. The number of hydrogen-bond donors (Lipinski definition) is 1. The molecule has 0 aromatic heterocycles. The van der Waals surface area contributed by atoms with Crippen LogP contribution in [0.15, 0.2) is 30.3 Å². The van der Waals surface area contributed by atoms with E-state index in [0.29, 0.717) is 6.54 Å². The Morgan fingerprint density at radius 2 is 2.00 bits per heavy atom. The third kappa shape index (κ3) is 4.49. The summed E-state index contributed by atoms with van der Waals surface area (Å²) in [4.78, 5) is 13.9. The Hall–Kier alpha value is -1.35. The van der Waals surface area contributed by atoms with E-state index in [1.54, 1.807) is 4.90 Å². The molecule has 0 aliphatic rings. The Bertz CT molecular complexity index is 351. The van der Waals surface area contributed by atoms with Crippen molar-refractivity contribution < 1.29 is 4.79 Å². The maximum atomic E-state index is 12.1. The lowest BCUT2D eigenvalue weighted by atomic mass is 10.0.